The van der Waals surface area contributed by atoms with Crippen LogP contribution in [0, 0.1) is 6.92 Å². The minimum atomic E-state index is -3.68. The second-order valence-electron chi connectivity index (χ2n) is 6.89. The monoisotopic (exact) mass is 430 g/mol. The van der Waals surface area contributed by atoms with Crippen LogP contribution in [0.3, 0.4) is 0 Å². The van der Waals surface area contributed by atoms with Crippen molar-refractivity contribution in [2.75, 3.05) is 19.7 Å². The van der Waals surface area contributed by atoms with Crippen LogP contribution in [0.4, 0.5) is 0 Å². The lowest BCUT2D eigenvalue weighted by Crippen LogP contribution is -2.30. The molecular formula is C22H26N2O3S2. The summed E-state index contributed by atoms with van der Waals surface area (Å²) in [5, 5.41) is 5.13. The van der Waals surface area contributed by atoms with Crippen LogP contribution in [-0.2, 0) is 23.0 Å². The Morgan fingerprint density at radius 3 is 2.31 bits per heavy atom. The van der Waals surface area contributed by atoms with E-state index in [9.17, 15) is 8.42 Å². The Bertz CT molecular complexity index is 1000. The highest BCUT2D eigenvalue weighted by Gasteiger charge is 2.10. The number of sulfonamides is 1. The van der Waals surface area contributed by atoms with Gasteiger partial charge >= 0.3 is 0 Å². The zero-order valence-corrected chi connectivity index (χ0v) is 18.1. The van der Waals surface area contributed by atoms with Gasteiger partial charge in [-0.2, -0.15) is 0 Å². The summed E-state index contributed by atoms with van der Waals surface area (Å²) in [6.07, 6.45) is 0.980. The van der Waals surface area contributed by atoms with Gasteiger partial charge in [0.15, 0.2) is 0 Å². The third kappa shape index (κ3) is 6.97. The molecule has 29 heavy (non-hydrogen) atoms. The Hall–Kier alpha value is -2.19. The maximum absolute atomic E-state index is 11.3. The van der Waals surface area contributed by atoms with Gasteiger partial charge in [-0.3, -0.25) is 4.90 Å². The summed E-state index contributed by atoms with van der Waals surface area (Å²) in [6.45, 7) is 5.25. The molecule has 0 fully saturated rings. The molecule has 1 aromatic heterocycles. The molecule has 154 valence electrons. The number of aryl methyl sites for hydroxylation is 1. The van der Waals surface area contributed by atoms with Crippen molar-refractivity contribution in [1.29, 1.82) is 0 Å². The molecule has 2 aromatic carbocycles. The van der Waals surface area contributed by atoms with E-state index in [1.54, 1.807) is 12.1 Å². The van der Waals surface area contributed by atoms with Gasteiger partial charge in [-0.25, -0.2) is 13.6 Å². The van der Waals surface area contributed by atoms with Crippen LogP contribution in [0.1, 0.15) is 15.3 Å². The van der Waals surface area contributed by atoms with Crippen LogP contribution in [0.25, 0.3) is 0 Å². The highest BCUT2D eigenvalue weighted by molar-refractivity contribution is 7.89. The van der Waals surface area contributed by atoms with E-state index in [-0.39, 0.29) is 4.90 Å². The van der Waals surface area contributed by atoms with Gasteiger partial charge in [-0.05, 0) is 55.3 Å². The number of benzene rings is 2. The molecule has 2 N–H and O–H groups in total. The molecule has 0 atom stereocenters. The molecule has 0 aliphatic carbocycles. The molecule has 0 radical (unpaired) electrons. The van der Waals surface area contributed by atoms with Gasteiger partial charge in [0.05, 0.1) is 4.90 Å². The molecule has 0 unspecified atom stereocenters. The molecule has 0 amide bonds. The van der Waals surface area contributed by atoms with Crippen molar-refractivity contribution in [2.45, 2.75) is 24.8 Å². The van der Waals surface area contributed by atoms with E-state index in [1.165, 1.54) is 27.5 Å². The Balaban J connectivity index is 1.56. The summed E-state index contributed by atoms with van der Waals surface area (Å²) in [4.78, 5) is 5.13. The van der Waals surface area contributed by atoms with Crippen molar-refractivity contribution >= 4 is 21.4 Å². The fraction of sp³-hybridized carbons (Fsp3) is 0.273. The summed E-state index contributed by atoms with van der Waals surface area (Å²) in [7, 11) is -3.68. The van der Waals surface area contributed by atoms with Crippen molar-refractivity contribution in [3.63, 3.8) is 0 Å². The number of rotatable bonds is 10. The quantitative estimate of drug-likeness (QED) is 0.531. The molecule has 5 nitrogen and oxygen atoms in total. The van der Waals surface area contributed by atoms with Gasteiger partial charge in [0.25, 0.3) is 0 Å². The van der Waals surface area contributed by atoms with E-state index in [1.807, 2.05) is 17.4 Å². The summed E-state index contributed by atoms with van der Waals surface area (Å²) >= 11 is 1.82. The fourth-order valence-electron chi connectivity index (χ4n) is 3.01. The zero-order chi connectivity index (χ0) is 20.7. The first-order chi connectivity index (χ1) is 13.9. The lowest BCUT2D eigenvalue weighted by molar-refractivity contribution is 0.205. The van der Waals surface area contributed by atoms with Gasteiger partial charge in [-0.1, -0.05) is 30.3 Å². The number of ether oxygens (including phenoxy) is 1. The third-order valence-corrected chi connectivity index (χ3v) is 6.48. The van der Waals surface area contributed by atoms with E-state index in [0.29, 0.717) is 12.4 Å². The predicted molar refractivity (Wildman–Crippen MR) is 118 cm³/mol. The molecule has 1 heterocycles. The lowest BCUT2D eigenvalue weighted by atomic mass is 10.1. The largest absolute Gasteiger partial charge is 0.492 e. The van der Waals surface area contributed by atoms with Gasteiger partial charge in [0, 0.05) is 29.4 Å². The molecule has 0 aliphatic heterocycles. The van der Waals surface area contributed by atoms with Crippen molar-refractivity contribution in [3.05, 3.63) is 82.0 Å². The maximum atomic E-state index is 11.3. The SMILES string of the molecule is Cc1ccc(CN(CCOc2ccc(S(N)(=O)=O)cc2)CCc2ccccc2)s1. The van der Waals surface area contributed by atoms with Crippen LogP contribution in [0.5, 0.6) is 5.75 Å². The molecule has 3 rings (SSSR count). The van der Waals surface area contributed by atoms with Crippen LogP contribution in [0.15, 0.2) is 71.6 Å². The summed E-state index contributed by atoms with van der Waals surface area (Å²) in [6, 6.07) is 21.0. The van der Waals surface area contributed by atoms with Crippen LogP contribution in [0.2, 0.25) is 0 Å². The molecule has 0 aliphatic rings. The topological polar surface area (TPSA) is 72.6 Å². The van der Waals surface area contributed by atoms with E-state index in [0.717, 1.165) is 26.1 Å². The summed E-state index contributed by atoms with van der Waals surface area (Å²) in [5.41, 5.74) is 1.32. The van der Waals surface area contributed by atoms with Crippen molar-refractivity contribution < 1.29 is 13.2 Å². The van der Waals surface area contributed by atoms with Gasteiger partial charge in [0.1, 0.15) is 12.4 Å². The second-order valence-corrected chi connectivity index (χ2v) is 9.82. The molecule has 3 aromatic rings. The van der Waals surface area contributed by atoms with Crippen molar-refractivity contribution in [1.82, 2.24) is 4.90 Å². The maximum Gasteiger partial charge on any atom is 0.238 e. The Kier molecular flexibility index (Phi) is 7.44. The minimum absolute atomic E-state index is 0.0856. The van der Waals surface area contributed by atoms with Crippen LogP contribution < -0.4 is 9.88 Å². The lowest BCUT2D eigenvalue weighted by Gasteiger charge is -2.22. The Labute approximate surface area is 176 Å². The summed E-state index contributed by atoms with van der Waals surface area (Å²) < 4.78 is 28.5. The second kappa shape index (κ2) is 10.0. The smallest absolute Gasteiger partial charge is 0.238 e. The minimum Gasteiger partial charge on any atom is -0.492 e. The molecular weight excluding hydrogens is 404 g/mol. The molecule has 0 saturated carbocycles. The van der Waals surface area contributed by atoms with Crippen LogP contribution in [-0.4, -0.2) is 33.0 Å². The number of primary sulfonamides is 1. The van der Waals surface area contributed by atoms with Gasteiger partial charge in [0.2, 0.25) is 10.0 Å². The predicted octanol–water partition coefficient (Wildman–Crippen LogP) is 3.83. The van der Waals surface area contributed by atoms with Crippen molar-refractivity contribution in [2.24, 2.45) is 5.14 Å². The molecule has 7 heteroatoms. The summed E-state index contributed by atoms with van der Waals surface area (Å²) in [5.74, 6) is 0.632. The normalized spacial score (nSPS) is 11.7. The molecule has 0 spiro atoms. The van der Waals surface area contributed by atoms with Crippen LogP contribution >= 0.6 is 11.3 Å². The van der Waals surface area contributed by atoms with E-state index in [4.69, 9.17) is 9.88 Å². The van der Waals surface area contributed by atoms with E-state index in [2.05, 4.69) is 48.2 Å². The molecule has 0 saturated heterocycles. The highest BCUT2D eigenvalue weighted by atomic mass is 32.2. The Morgan fingerprint density at radius 1 is 0.966 bits per heavy atom. The average molecular weight is 431 g/mol. The number of nitrogens with zero attached hydrogens (tertiary/aromatic N) is 1. The fourth-order valence-corrected chi connectivity index (χ4v) is 4.46. The number of hydrogen-bond acceptors (Lipinski definition) is 5. The first kappa shape index (κ1) is 21.5. The highest BCUT2D eigenvalue weighted by Crippen LogP contribution is 2.18. The number of thiophene rings is 1. The Morgan fingerprint density at radius 2 is 1.69 bits per heavy atom. The standard InChI is InChI=1S/C22H26N2O3S2/c1-18-7-10-21(28-18)17-24(14-13-19-5-3-2-4-6-19)15-16-27-20-8-11-22(12-9-20)29(23,25)26/h2-12H,13-17H2,1H3,(H2,23,25,26). The van der Waals surface area contributed by atoms with E-state index < -0.39 is 10.0 Å². The third-order valence-electron chi connectivity index (χ3n) is 4.56. The van der Waals surface area contributed by atoms with Gasteiger partial charge < -0.3 is 4.74 Å². The number of nitrogens with two attached hydrogens (primary N) is 1. The molecule has 0 bridgehead atoms. The first-order valence-corrected chi connectivity index (χ1v) is 11.8. The van der Waals surface area contributed by atoms with Gasteiger partial charge in [-0.15, -0.1) is 11.3 Å². The zero-order valence-electron chi connectivity index (χ0n) is 16.5. The van der Waals surface area contributed by atoms with Crippen molar-refractivity contribution in [3.8, 4) is 5.75 Å². The first-order valence-electron chi connectivity index (χ1n) is 9.47. The number of hydrogen-bond donors (Lipinski definition) is 1. The van der Waals surface area contributed by atoms with E-state index >= 15 is 0 Å². The average Bonchev–Trinajstić information content (AvgIpc) is 3.11.